The summed E-state index contributed by atoms with van der Waals surface area (Å²) in [4.78, 5) is 22.1. The molecule has 7 heteroatoms. The van der Waals surface area contributed by atoms with Crippen molar-refractivity contribution in [2.24, 2.45) is 5.92 Å². The van der Waals surface area contributed by atoms with Gasteiger partial charge in [-0.3, -0.25) is 9.78 Å². The first-order chi connectivity index (χ1) is 17.8. The third-order valence-electron chi connectivity index (χ3n) is 8.29. The molecule has 0 bridgehead atoms. The van der Waals surface area contributed by atoms with Crippen LogP contribution in [-0.4, -0.2) is 70.6 Å². The fourth-order valence-electron chi connectivity index (χ4n) is 6.06. The van der Waals surface area contributed by atoms with Crippen molar-refractivity contribution in [2.45, 2.75) is 65.0 Å². The predicted molar refractivity (Wildman–Crippen MR) is 147 cm³/mol. The lowest BCUT2D eigenvalue weighted by Crippen LogP contribution is -2.43. The maximum Gasteiger partial charge on any atom is 0.256 e. The smallest absolute Gasteiger partial charge is 0.256 e. The van der Waals surface area contributed by atoms with Gasteiger partial charge in [0.05, 0.1) is 23.0 Å². The van der Waals surface area contributed by atoms with E-state index in [1.165, 1.54) is 48.8 Å². The highest BCUT2D eigenvalue weighted by Crippen LogP contribution is 2.32. The Morgan fingerprint density at radius 2 is 2.08 bits per heavy atom. The number of nitrogens with one attached hydrogen (secondary N) is 1. The number of rotatable bonds is 7. The van der Waals surface area contributed by atoms with Gasteiger partial charge in [0, 0.05) is 50.0 Å². The van der Waals surface area contributed by atoms with E-state index in [1.54, 1.807) is 18.0 Å². The van der Waals surface area contributed by atoms with Gasteiger partial charge in [-0.15, -0.1) is 0 Å². The van der Waals surface area contributed by atoms with Crippen LogP contribution in [-0.2, 0) is 6.42 Å². The highest BCUT2D eigenvalue weighted by atomic mass is 19.1. The minimum absolute atomic E-state index is 0.0126. The Balaban J connectivity index is 1.45. The van der Waals surface area contributed by atoms with Crippen LogP contribution in [0.3, 0.4) is 0 Å². The summed E-state index contributed by atoms with van der Waals surface area (Å²) in [5.41, 5.74) is 4.43. The molecule has 37 heavy (non-hydrogen) atoms. The second-order valence-corrected chi connectivity index (χ2v) is 11.3. The third-order valence-corrected chi connectivity index (χ3v) is 8.29. The van der Waals surface area contributed by atoms with E-state index in [4.69, 9.17) is 0 Å². The molecule has 0 radical (unpaired) electrons. The molecule has 0 unspecified atom stereocenters. The van der Waals surface area contributed by atoms with Crippen LogP contribution in [0.4, 0.5) is 4.39 Å². The molecule has 1 amide bonds. The van der Waals surface area contributed by atoms with Crippen molar-refractivity contribution < 1.29 is 9.18 Å². The largest absolute Gasteiger partial charge is 0.339 e. The Labute approximate surface area is 219 Å². The van der Waals surface area contributed by atoms with Crippen LogP contribution in [0, 0.1) is 18.7 Å². The summed E-state index contributed by atoms with van der Waals surface area (Å²) in [6.45, 7) is 10.6. The number of hydrogen-bond donors (Lipinski definition) is 1. The lowest BCUT2D eigenvalue weighted by molar-refractivity contribution is 0.0754. The molecule has 1 aromatic carbocycles. The molecule has 2 saturated heterocycles. The van der Waals surface area contributed by atoms with Gasteiger partial charge < -0.3 is 19.7 Å². The molecular weight excluding hydrogens is 465 g/mol. The SMILES string of the molecule is Cc1cncc2c1c(C[C@@H]1CCN(C[C@@H]3CCCCN3)C1)cn2-c1ccc(F)cc1C(=O)N(C)C(C)C. The normalized spacial score (nSPS) is 20.7. The fourth-order valence-corrected chi connectivity index (χ4v) is 6.06. The molecule has 1 N–H and O–H groups in total. The van der Waals surface area contributed by atoms with Gasteiger partial charge in [0.2, 0.25) is 0 Å². The van der Waals surface area contributed by atoms with E-state index in [-0.39, 0.29) is 11.9 Å². The molecule has 3 aromatic rings. The number of nitrogens with zero attached hydrogens (tertiary/aromatic N) is 4. The number of aromatic nitrogens is 2. The van der Waals surface area contributed by atoms with Gasteiger partial charge in [-0.05, 0) is 94.8 Å². The first kappa shape index (κ1) is 25.9. The summed E-state index contributed by atoms with van der Waals surface area (Å²) >= 11 is 0. The van der Waals surface area contributed by atoms with Crippen LogP contribution in [0.2, 0.25) is 0 Å². The molecule has 4 heterocycles. The summed E-state index contributed by atoms with van der Waals surface area (Å²) < 4.78 is 16.4. The zero-order chi connectivity index (χ0) is 26.1. The highest BCUT2D eigenvalue weighted by molar-refractivity contribution is 5.99. The molecule has 0 aliphatic carbocycles. The maximum atomic E-state index is 14.3. The van der Waals surface area contributed by atoms with E-state index in [1.807, 2.05) is 30.8 Å². The van der Waals surface area contributed by atoms with Gasteiger partial charge in [-0.2, -0.15) is 0 Å². The minimum atomic E-state index is -0.409. The monoisotopic (exact) mass is 505 g/mol. The van der Waals surface area contributed by atoms with Crippen molar-refractivity contribution in [3.05, 3.63) is 59.3 Å². The lowest BCUT2D eigenvalue weighted by Gasteiger charge is -2.28. The Morgan fingerprint density at radius 3 is 2.84 bits per heavy atom. The number of fused-ring (bicyclic) bond motifs is 1. The molecule has 6 nitrogen and oxygen atoms in total. The van der Waals surface area contributed by atoms with E-state index in [2.05, 4.69) is 28.3 Å². The maximum absolute atomic E-state index is 14.3. The van der Waals surface area contributed by atoms with E-state index in [9.17, 15) is 9.18 Å². The average Bonchev–Trinajstić information content (AvgIpc) is 3.48. The molecule has 198 valence electrons. The average molecular weight is 506 g/mol. The number of likely N-dealkylation sites (tertiary alicyclic amines) is 1. The summed E-state index contributed by atoms with van der Waals surface area (Å²) in [5.74, 6) is 0.00150. The van der Waals surface area contributed by atoms with Gasteiger partial charge in [-0.1, -0.05) is 6.42 Å². The summed E-state index contributed by atoms with van der Waals surface area (Å²) in [6.07, 6.45) is 12.0. The Hall–Kier alpha value is -2.77. The second-order valence-electron chi connectivity index (χ2n) is 11.3. The number of piperidine rings is 1. The third kappa shape index (κ3) is 5.43. The van der Waals surface area contributed by atoms with E-state index in [0.717, 1.165) is 43.7 Å². The molecule has 2 aliphatic rings. The summed E-state index contributed by atoms with van der Waals surface area (Å²) in [7, 11) is 1.77. The molecule has 5 rings (SSSR count). The first-order valence-corrected chi connectivity index (χ1v) is 13.8. The van der Waals surface area contributed by atoms with Crippen molar-refractivity contribution in [3.63, 3.8) is 0 Å². The van der Waals surface area contributed by atoms with E-state index >= 15 is 0 Å². The first-order valence-electron chi connectivity index (χ1n) is 13.8. The highest BCUT2D eigenvalue weighted by Gasteiger charge is 2.28. The number of halogens is 1. The Kier molecular flexibility index (Phi) is 7.63. The van der Waals surface area contributed by atoms with Crippen molar-refractivity contribution in [2.75, 3.05) is 33.2 Å². The number of aryl methyl sites for hydroxylation is 1. The predicted octanol–water partition coefficient (Wildman–Crippen LogP) is 4.96. The van der Waals surface area contributed by atoms with Crippen LogP contribution in [0.5, 0.6) is 0 Å². The Morgan fingerprint density at radius 1 is 1.24 bits per heavy atom. The van der Waals surface area contributed by atoms with Crippen LogP contribution >= 0.6 is 0 Å². The second kappa shape index (κ2) is 10.9. The molecule has 2 aromatic heterocycles. The zero-order valence-corrected chi connectivity index (χ0v) is 22.6. The van der Waals surface area contributed by atoms with Crippen molar-refractivity contribution in [1.82, 2.24) is 24.7 Å². The van der Waals surface area contributed by atoms with Gasteiger partial charge in [0.1, 0.15) is 5.82 Å². The van der Waals surface area contributed by atoms with E-state index < -0.39 is 5.82 Å². The molecule has 2 atom stereocenters. The number of carbonyl (C=O) groups excluding carboxylic acids is 1. The standard InChI is InChI=1S/C30H40FN5O/c1-20(2)34(4)30(37)26-14-24(31)8-9-27(26)36-18-23(29-21(3)15-32-16-28(29)36)13-22-10-12-35(17-22)19-25-7-5-6-11-33-25/h8-9,14-16,18,20,22,25,33H,5-7,10-13,17,19H2,1-4H3/t22-,25-/m0/s1. The van der Waals surface area contributed by atoms with Gasteiger partial charge in [0.25, 0.3) is 5.91 Å². The molecule has 0 spiro atoms. The number of pyridine rings is 1. The van der Waals surface area contributed by atoms with Gasteiger partial charge in [0.15, 0.2) is 0 Å². The summed E-state index contributed by atoms with van der Waals surface area (Å²) in [6, 6.07) is 5.15. The van der Waals surface area contributed by atoms with Gasteiger partial charge >= 0.3 is 0 Å². The topological polar surface area (TPSA) is 53.4 Å². The molecule has 2 fully saturated rings. The van der Waals surface area contributed by atoms with Crippen LogP contribution in [0.1, 0.15) is 61.0 Å². The van der Waals surface area contributed by atoms with Crippen molar-refractivity contribution in [1.29, 1.82) is 0 Å². The molecular formula is C30H40FN5O. The Bertz CT molecular complexity index is 1260. The van der Waals surface area contributed by atoms with E-state index in [0.29, 0.717) is 23.2 Å². The van der Waals surface area contributed by atoms with Crippen LogP contribution < -0.4 is 5.32 Å². The number of benzene rings is 1. The molecule has 2 aliphatic heterocycles. The lowest BCUT2D eigenvalue weighted by atomic mass is 9.97. The van der Waals surface area contributed by atoms with Crippen LogP contribution in [0.25, 0.3) is 16.6 Å². The van der Waals surface area contributed by atoms with Crippen LogP contribution in [0.15, 0.2) is 36.8 Å². The summed E-state index contributed by atoms with van der Waals surface area (Å²) in [5, 5.41) is 4.88. The fraction of sp³-hybridized carbons (Fsp3) is 0.533. The quantitative estimate of drug-likeness (QED) is 0.493. The van der Waals surface area contributed by atoms with Crippen molar-refractivity contribution in [3.8, 4) is 5.69 Å². The number of hydrogen-bond acceptors (Lipinski definition) is 4. The minimum Gasteiger partial charge on any atom is -0.339 e. The molecule has 0 saturated carbocycles. The zero-order valence-electron chi connectivity index (χ0n) is 22.6. The number of carbonyl (C=O) groups is 1. The van der Waals surface area contributed by atoms with Crippen molar-refractivity contribution >= 4 is 16.8 Å². The number of amides is 1. The van der Waals surface area contributed by atoms with Gasteiger partial charge in [-0.25, -0.2) is 4.39 Å².